The summed E-state index contributed by atoms with van der Waals surface area (Å²) in [5.41, 5.74) is 3.09. The van der Waals surface area contributed by atoms with Gasteiger partial charge in [-0.05, 0) is 43.9 Å². The lowest BCUT2D eigenvalue weighted by Crippen LogP contribution is -2.62. The number of nitrogens with one attached hydrogen (secondary N) is 1. The number of piperazine rings is 1. The third kappa shape index (κ3) is 3.24. The quantitative estimate of drug-likeness (QED) is 0.922. The average molecular weight is 288 g/mol. The van der Waals surface area contributed by atoms with Crippen LogP contribution in [0.25, 0.3) is 0 Å². The third-order valence-corrected chi connectivity index (χ3v) is 5.04. The van der Waals surface area contributed by atoms with Gasteiger partial charge < -0.3 is 10.1 Å². The molecule has 1 aromatic carbocycles. The number of fused-ring (bicyclic) bond motifs is 1. The van der Waals surface area contributed by atoms with Crippen LogP contribution in [0.4, 0.5) is 0 Å². The van der Waals surface area contributed by atoms with Gasteiger partial charge in [0, 0.05) is 37.6 Å². The van der Waals surface area contributed by atoms with Gasteiger partial charge in [-0.3, -0.25) is 4.90 Å². The van der Waals surface area contributed by atoms with E-state index in [4.69, 9.17) is 4.74 Å². The minimum Gasteiger partial charge on any atom is -0.493 e. The number of benzene rings is 1. The van der Waals surface area contributed by atoms with Gasteiger partial charge >= 0.3 is 0 Å². The lowest BCUT2D eigenvalue weighted by molar-refractivity contribution is 0.0664. The van der Waals surface area contributed by atoms with Crippen LogP contribution in [0.3, 0.4) is 0 Å². The number of ether oxygens (including phenoxy) is 1. The van der Waals surface area contributed by atoms with Crippen molar-refractivity contribution in [3.05, 3.63) is 29.3 Å². The van der Waals surface area contributed by atoms with Crippen molar-refractivity contribution in [2.24, 2.45) is 0 Å². The second kappa shape index (κ2) is 5.98. The van der Waals surface area contributed by atoms with Crippen molar-refractivity contribution < 1.29 is 4.74 Å². The second-order valence-electron chi connectivity index (χ2n) is 7.04. The molecule has 0 bridgehead atoms. The molecule has 0 aliphatic carbocycles. The molecule has 1 fully saturated rings. The predicted molar refractivity (Wildman–Crippen MR) is 87.1 cm³/mol. The van der Waals surface area contributed by atoms with Crippen molar-refractivity contribution in [3.63, 3.8) is 0 Å². The highest BCUT2D eigenvalue weighted by atomic mass is 16.5. The lowest BCUT2D eigenvalue weighted by atomic mass is 9.95. The standard InChI is InChI=1S/C18H28N2O/c1-4-16-12-20(18(2,3)13-19-16)9-7-14-5-6-17-15(11-14)8-10-21-17/h5-6,11,16,19H,4,7-10,12-13H2,1-3H3. The summed E-state index contributed by atoms with van der Waals surface area (Å²) in [4.78, 5) is 2.65. The van der Waals surface area contributed by atoms with Crippen LogP contribution in [0.1, 0.15) is 38.3 Å². The predicted octanol–water partition coefficient (Wildman–Crippen LogP) is 2.63. The molecule has 1 atom stereocenters. The highest BCUT2D eigenvalue weighted by molar-refractivity contribution is 5.39. The van der Waals surface area contributed by atoms with Gasteiger partial charge in [-0.25, -0.2) is 0 Å². The summed E-state index contributed by atoms with van der Waals surface area (Å²) < 4.78 is 5.59. The van der Waals surface area contributed by atoms with Crippen LogP contribution in [-0.2, 0) is 12.8 Å². The maximum absolute atomic E-state index is 5.59. The van der Waals surface area contributed by atoms with Crippen molar-refractivity contribution in [2.45, 2.75) is 51.6 Å². The molecule has 0 radical (unpaired) electrons. The zero-order valence-electron chi connectivity index (χ0n) is 13.6. The van der Waals surface area contributed by atoms with Gasteiger partial charge in [0.2, 0.25) is 0 Å². The first kappa shape index (κ1) is 14.9. The molecule has 2 aliphatic heterocycles. The first-order valence-corrected chi connectivity index (χ1v) is 8.31. The van der Waals surface area contributed by atoms with E-state index in [1.807, 2.05) is 0 Å². The first-order valence-electron chi connectivity index (χ1n) is 8.31. The van der Waals surface area contributed by atoms with Crippen molar-refractivity contribution in [2.75, 3.05) is 26.2 Å². The Balaban J connectivity index is 1.63. The van der Waals surface area contributed by atoms with E-state index in [9.17, 15) is 0 Å². The molecule has 116 valence electrons. The summed E-state index contributed by atoms with van der Waals surface area (Å²) >= 11 is 0. The maximum atomic E-state index is 5.59. The fourth-order valence-corrected chi connectivity index (χ4v) is 3.41. The Hall–Kier alpha value is -1.06. The zero-order valence-corrected chi connectivity index (χ0v) is 13.6. The molecule has 2 heterocycles. The van der Waals surface area contributed by atoms with Gasteiger partial charge in [0.05, 0.1) is 6.61 Å². The normalized spacial score (nSPS) is 24.6. The summed E-state index contributed by atoms with van der Waals surface area (Å²) in [6.07, 6.45) is 3.41. The Kier molecular flexibility index (Phi) is 4.23. The van der Waals surface area contributed by atoms with Crippen molar-refractivity contribution in [1.29, 1.82) is 0 Å². The fraction of sp³-hybridized carbons (Fsp3) is 0.667. The number of hydrogen-bond donors (Lipinski definition) is 1. The van der Waals surface area contributed by atoms with E-state index >= 15 is 0 Å². The third-order valence-electron chi connectivity index (χ3n) is 5.04. The molecule has 1 saturated heterocycles. The van der Waals surface area contributed by atoms with E-state index in [1.54, 1.807) is 0 Å². The van der Waals surface area contributed by atoms with E-state index < -0.39 is 0 Å². The molecule has 1 N–H and O–H groups in total. The van der Waals surface area contributed by atoms with Crippen LogP contribution in [0.5, 0.6) is 5.75 Å². The molecule has 1 aromatic rings. The minimum atomic E-state index is 0.255. The highest BCUT2D eigenvalue weighted by Gasteiger charge is 2.32. The Morgan fingerprint density at radius 1 is 1.38 bits per heavy atom. The molecule has 0 amide bonds. The van der Waals surface area contributed by atoms with Crippen molar-refractivity contribution in [1.82, 2.24) is 10.2 Å². The maximum Gasteiger partial charge on any atom is 0.122 e. The topological polar surface area (TPSA) is 24.5 Å². The van der Waals surface area contributed by atoms with E-state index in [-0.39, 0.29) is 5.54 Å². The second-order valence-corrected chi connectivity index (χ2v) is 7.04. The zero-order chi connectivity index (χ0) is 14.9. The molecule has 1 unspecified atom stereocenters. The van der Waals surface area contributed by atoms with E-state index in [0.29, 0.717) is 6.04 Å². The SMILES string of the molecule is CCC1CN(CCc2ccc3c(c2)CCO3)C(C)(C)CN1. The number of hydrogen-bond acceptors (Lipinski definition) is 3. The van der Waals surface area contributed by atoms with Gasteiger partial charge in [0.15, 0.2) is 0 Å². The smallest absolute Gasteiger partial charge is 0.122 e. The fourth-order valence-electron chi connectivity index (χ4n) is 3.41. The average Bonchev–Trinajstić information content (AvgIpc) is 2.93. The van der Waals surface area contributed by atoms with Crippen LogP contribution in [-0.4, -0.2) is 42.7 Å². The van der Waals surface area contributed by atoms with Crippen LogP contribution in [0.2, 0.25) is 0 Å². The van der Waals surface area contributed by atoms with Crippen LogP contribution in [0, 0.1) is 0 Å². The number of nitrogens with zero attached hydrogens (tertiary/aromatic N) is 1. The Labute approximate surface area is 128 Å². The minimum absolute atomic E-state index is 0.255. The Bertz CT molecular complexity index is 498. The molecule has 0 saturated carbocycles. The summed E-state index contributed by atoms with van der Waals surface area (Å²) in [5, 5.41) is 3.66. The molecular formula is C18H28N2O. The lowest BCUT2D eigenvalue weighted by Gasteiger charge is -2.46. The summed E-state index contributed by atoms with van der Waals surface area (Å²) in [5.74, 6) is 1.09. The molecule has 3 nitrogen and oxygen atoms in total. The van der Waals surface area contributed by atoms with Gasteiger partial charge in [-0.2, -0.15) is 0 Å². The molecule has 0 spiro atoms. The van der Waals surface area contributed by atoms with Crippen molar-refractivity contribution >= 4 is 0 Å². The van der Waals surface area contributed by atoms with Crippen LogP contribution in [0.15, 0.2) is 18.2 Å². The molecule has 3 heteroatoms. The van der Waals surface area contributed by atoms with Gasteiger partial charge in [-0.15, -0.1) is 0 Å². The van der Waals surface area contributed by atoms with Gasteiger partial charge in [0.1, 0.15) is 5.75 Å². The van der Waals surface area contributed by atoms with E-state index in [0.717, 1.165) is 44.8 Å². The van der Waals surface area contributed by atoms with E-state index in [2.05, 4.69) is 49.2 Å². The molecular weight excluding hydrogens is 260 g/mol. The molecule has 2 aliphatic rings. The van der Waals surface area contributed by atoms with E-state index in [1.165, 1.54) is 17.5 Å². The van der Waals surface area contributed by atoms with Crippen LogP contribution < -0.4 is 10.1 Å². The summed E-state index contributed by atoms with van der Waals surface area (Å²) in [6, 6.07) is 7.37. The monoisotopic (exact) mass is 288 g/mol. The Morgan fingerprint density at radius 3 is 3.05 bits per heavy atom. The Morgan fingerprint density at radius 2 is 2.24 bits per heavy atom. The summed E-state index contributed by atoms with van der Waals surface area (Å²) in [7, 11) is 0. The molecule has 3 rings (SSSR count). The molecule has 0 aromatic heterocycles. The first-order chi connectivity index (χ1) is 10.1. The van der Waals surface area contributed by atoms with Gasteiger partial charge in [0.25, 0.3) is 0 Å². The molecule has 21 heavy (non-hydrogen) atoms. The summed E-state index contributed by atoms with van der Waals surface area (Å²) in [6.45, 7) is 11.2. The highest BCUT2D eigenvalue weighted by Crippen LogP contribution is 2.26. The van der Waals surface area contributed by atoms with Crippen LogP contribution >= 0.6 is 0 Å². The number of rotatable bonds is 4. The van der Waals surface area contributed by atoms with Crippen molar-refractivity contribution in [3.8, 4) is 5.75 Å². The van der Waals surface area contributed by atoms with Gasteiger partial charge in [-0.1, -0.05) is 19.1 Å². The largest absolute Gasteiger partial charge is 0.493 e.